The molecule has 0 aliphatic carbocycles. The van der Waals surface area contributed by atoms with Gasteiger partial charge in [-0.15, -0.1) is 0 Å². The first-order valence-electron chi connectivity index (χ1n) is 5.05. The van der Waals surface area contributed by atoms with E-state index in [1.807, 2.05) is 6.92 Å². The molecular weight excluding hydrogens is 216 g/mol. The molecule has 15 heavy (non-hydrogen) atoms. The van der Waals surface area contributed by atoms with E-state index in [0.717, 1.165) is 0 Å². The zero-order valence-corrected chi connectivity index (χ0v) is 10.6. The Hall–Kier alpha value is -0.620. The molecule has 5 nitrogen and oxygen atoms in total. The van der Waals surface area contributed by atoms with Gasteiger partial charge in [-0.05, 0) is 26.8 Å². The Morgan fingerprint density at radius 1 is 1.27 bits per heavy atom. The highest BCUT2D eigenvalue weighted by molar-refractivity contribution is 7.90. The number of sulfonamides is 1. The number of hydrogen-bond donors (Lipinski definition) is 2. The minimum absolute atomic E-state index is 0.0268. The summed E-state index contributed by atoms with van der Waals surface area (Å²) in [7, 11) is -3.47. The smallest absolute Gasteiger partial charge is 0.253 e. The Balaban J connectivity index is 4.49. The van der Waals surface area contributed by atoms with Gasteiger partial charge in [0, 0.05) is 0 Å². The van der Waals surface area contributed by atoms with E-state index in [2.05, 4.69) is 10.0 Å². The molecule has 0 radical (unpaired) electrons. The van der Waals surface area contributed by atoms with Crippen molar-refractivity contribution in [1.82, 2.24) is 10.0 Å². The van der Waals surface area contributed by atoms with Crippen LogP contribution in [0.15, 0.2) is 0 Å². The van der Waals surface area contributed by atoms with Crippen molar-refractivity contribution in [2.24, 2.45) is 0 Å². The molecule has 90 valence electrons. The minimum atomic E-state index is -3.47. The van der Waals surface area contributed by atoms with Crippen LogP contribution in [0.25, 0.3) is 0 Å². The van der Waals surface area contributed by atoms with Gasteiger partial charge in [0.1, 0.15) is 0 Å². The summed E-state index contributed by atoms with van der Waals surface area (Å²) in [5.41, 5.74) is -0.866. The Morgan fingerprint density at radius 3 is 2.20 bits per heavy atom. The average molecular weight is 236 g/mol. The lowest BCUT2D eigenvalue weighted by Crippen LogP contribution is -2.54. The molecule has 0 aromatic carbocycles. The van der Waals surface area contributed by atoms with Crippen LogP contribution < -0.4 is 10.0 Å². The molecule has 0 heterocycles. The van der Waals surface area contributed by atoms with Crippen LogP contribution in [-0.4, -0.2) is 32.2 Å². The Morgan fingerprint density at radius 2 is 1.80 bits per heavy atom. The maximum Gasteiger partial charge on any atom is 0.253 e. The Bertz CT molecular complexity index is 309. The topological polar surface area (TPSA) is 75.3 Å². The fourth-order valence-corrected chi connectivity index (χ4v) is 2.29. The zero-order chi connectivity index (χ0) is 12.1. The molecule has 6 heteroatoms. The van der Waals surface area contributed by atoms with Crippen molar-refractivity contribution in [3.63, 3.8) is 0 Å². The van der Waals surface area contributed by atoms with Gasteiger partial charge in [0.2, 0.25) is 10.0 Å². The maximum atomic E-state index is 11.6. The standard InChI is InChI=1S/C9H20N2O3S/c1-5-7-15(13,14)11-8(12)9(3,4)10-6-2/h10H,5-7H2,1-4H3,(H,11,12). The van der Waals surface area contributed by atoms with Crippen molar-refractivity contribution in [3.8, 4) is 0 Å². The van der Waals surface area contributed by atoms with Gasteiger partial charge in [-0.1, -0.05) is 13.8 Å². The van der Waals surface area contributed by atoms with Crippen LogP contribution in [0, 0.1) is 0 Å². The molecule has 0 rings (SSSR count). The van der Waals surface area contributed by atoms with Crippen LogP contribution in [0.1, 0.15) is 34.1 Å². The molecule has 0 aromatic heterocycles. The third-order valence-corrected chi connectivity index (χ3v) is 3.35. The van der Waals surface area contributed by atoms with E-state index in [9.17, 15) is 13.2 Å². The molecular formula is C9H20N2O3S. The molecule has 0 fully saturated rings. The van der Waals surface area contributed by atoms with Gasteiger partial charge in [0.05, 0.1) is 11.3 Å². The number of carbonyl (C=O) groups excluding carboxylic acids is 1. The molecule has 0 saturated carbocycles. The van der Waals surface area contributed by atoms with E-state index in [4.69, 9.17) is 0 Å². The summed E-state index contributed by atoms with van der Waals surface area (Å²) in [6, 6.07) is 0. The van der Waals surface area contributed by atoms with Crippen LogP contribution in [0.3, 0.4) is 0 Å². The summed E-state index contributed by atoms with van der Waals surface area (Å²) in [6.45, 7) is 7.50. The number of hydrogen-bond acceptors (Lipinski definition) is 4. The van der Waals surface area contributed by atoms with Crippen molar-refractivity contribution >= 4 is 15.9 Å². The van der Waals surface area contributed by atoms with Crippen LogP contribution in [0.2, 0.25) is 0 Å². The van der Waals surface area contributed by atoms with Crippen molar-refractivity contribution in [2.45, 2.75) is 39.7 Å². The molecule has 0 aliphatic heterocycles. The monoisotopic (exact) mass is 236 g/mol. The summed E-state index contributed by atoms with van der Waals surface area (Å²) in [5.74, 6) is -0.543. The third-order valence-electron chi connectivity index (χ3n) is 1.91. The molecule has 1 amide bonds. The zero-order valence-electron chi connectivity index (χ0n) is 9.75. The van der Waals surface area contributed by atoms with Gasteiger partial charge in [-0.25, -0.2) is 8.42 Å². The highest BCUT2D eigenvalue weighted by Gasteiger charge is 2.29. The molecule has 0 spiro atoms. The van der Waals surface area contributed by atoms with E-state index < -0.39 is 21.5 Å². The summed E-state index contributed by atoms with van der Waals surface area (Å²) in [6.07, 6.45) is 0.490. The van der Waals surface area contributed by atoms with Crippen LogP contribution >= 0.6 is 0 Å². The third kappa shape index (κ3) is 5.13. The fourth-order valence-electron chi connectivity index (χ4n) is 1.11. The lowest BCUT2D eigenvalue weighted by atomic mass is 10.1. The normalized spacial score (nSPS) is 12.5. The van der Waals surface area contributed by atoms with Gasteiger partial charge in [0.15, 0.2) is 0 Å². The SMILES string of the molecule is CCCS(=O)(=O)NC(=O)C(C)(C)NCC. The number of carbonyl (C=O) groups is 1. The summed E-state index contributed by atoms with van der Waals surface area (Å²) >= 11 is 0. The van der Waals surface area contributed by atoms with Gasteiger partial charge in [0.25, 0.3) is 5.91 Å². The van der Waals surface area contributed by atoms with E-state index >= 15 is 0 Å². The van der Waals surface area contributed by atoms with Gasteiger partial charge in [-0.2, -0.15) is 0 Å². The van der Waals surface area contributed by atoms with Gasteiger partial charge < -0.3 is 5.32 Å². The second-order valence-corrected chi connectivity index (χ2v) is 5.75. The second-order valence-electron chi connectivity index (χ2n) is 3.91. The average Bonchev–Trinajstić information content (AvgIpc) is 2.02. The Labute approximate surface area is 91.7 Å². The van der Waals surface area contributed by atoms with Gasteiger partial charge in [-0.3, -0.25) is 9.52 Å². The van der Waals surface area contributed by atoms with E-state index in [1.165, 1.54) is 0 Å². The maximum absolute atomic E-state index is 11.6. The molecule has 2 N–H and O–H groups in total. The van der Waals surface area contributed by atoms with Crippen molar-refractivity contribution in [1.29, 1.82) is 0 Å². The first-order chi connectivity index (χ1) is 6.75. The molecule has 0 aromatic rings. The van der Waals surface area contributed by atoms with Crippen molar-refractivity contribution in [2.75, 3.05) is 12.3 Å². The summed E-state index contributed by atoms with van der Waals surface area (Å²) in [4.78, 5) is 11.6. The molecule has 0 unspecified atom stereocenters. The molecule has 0 saturated heterocycles. The first kappa shape index (κ1) is 14.4. The number of amides is 1. The second kappa shape index (κ2) is 5.46. The largest absolute Gasteiger partial charge is 0.304 e. The van der Waals surface area contributed by atoms with E-state index in [1.54, 1.807) is 20.8 Å². The van der Waals surface area contributed by atoms with Crippen molar-refractivity contribution in [3.05, 3.63) is 0 Å². The first-order valence-corrected chi connectivity index (χ1v) is 6.70. The van der Waals surface area contributed by atoms with Crippen LogP contribution in [-0.2, 0) is 14.8 Å². The van der Waals surface area contributed by atoms with Crippen LogP contribution in [0.5, 0.6) is 0 Å². The number of likely N-dealkylation sites (N-methyl/N-ethyl adjacent to an activating group) is 1. The molecule has 0 atom stereocenters. The van der Waals surface area contributed by atoms with E-state index in [-0.39, 0.29) is 5.75 Å². The molecule has 0 bridgehead atoms. The predicted octanol–water partition coefficient (Wildman–Crippen LogP) is 0.231. The minimum Gasteiger partial charge on any atom is -0.304 e. The molecule has 0 aliphatic rings. The highest BCUT2D eigenvalue weighted by atomic mass is 32.2. The summed E-state index contributed by atoms with van der Waals surface area (Å²) in [5, 5.41) is 2.91. The van der Waals surface area contributed by atoms with E-state index in [0.29, 0.717) is 13.0 Å². The van der Waals surface area contributed by atoms with Crippen LogP contribution in [0.4, 0.5) is 0 Å². The van der Waals surface area contributed by atoms with Gasteiger partial charge >= 0.3 is 0 Å². The quantitative estimate of drug-likeness (QED) is 0.692. The summed E-state index contributed by atoms with van der Waals surface area (Å²) < 4.78 is 24.7. The highest BCUT2D eigenvalue weighted by Crippen LogP contribution is 2.03. The van der Waals surface area contributed by atoms with Crippen molar-refractivity contribution < 1.29 is 13.2 Å². The lowest BCUT2D eigenvalue weighted by molar-refractivity contribution is -0.124. The Kier molecular flexibility index (Phi) is 5.23. The number of nitrogens with one attached hydrogen (secondary N) is 2. The lowest BCUT2D eigenvalue weighted by Gasteiger charge is -2.24. The fraction of sp³-hybridized carbons (Fsp3) is 0.889. The number of rotatable bonds is 6. The predicted molar refractivity (Wildman–Crippen MR) is 60.0 cm³/mol.